The zero-order valence-corrected chi connectivity index (χ0v) is 22.6. The number of halogens is 2. The van der Waals surface area contributed by atoms with E-state index in [1.54, 1.807) is 0 Å². The molecule has 1 heterocycles. The Bertz CT molecular complexity index is 1110. The first-order valence-corrected chi connectivity index (χ1v) is 15.1. The van der Waals surface area contributed by atoms with E-state index in [9.17, 15) is 17.2 Å². The number of nitrogens with one attached hydrogen (secondary N) is 1. The molecule has 11 heteroatoms. The fourth-order valence-corrected chi connectivity index (χ4v) is 8.02. The van der Waals surface area contributed by atoms with E-state index in [-0.39, 0.29) is 23.5 Å². The third-order valence-electron chi connectivity index (χ3n) is 8.92. The van der Waals surface area contributed by atoms with Gasteiger partial charge in [0.2, 0.25) is 15.9 Å². The normalized spacial score (nSPS) is 28.6. The SMILES string of the molecule is CCC1(c2cccc(NS(=O)(=O)C3CC3)c2)[C@@H]2CN(CCCC3CCC(F)(F)CC3)C[C@@H]21.O=C(O)C(=O)O. The lowest BCUT2D eigenvalue weighted by Crippen LogP contribution is -2.31. The number of hydrogen-bond donors (Lipinski definition) is 3. The van der Waals surface area contributed by atoms with Crippen molar-refractivity contribution in [3.63, 3.8) is 0 Å². The lowest BCUT2D eigenvalue weighted by Gasteiger charge is -2.29. The van der Waals surface area contributed by atoms with Crippen LogP contribution in [0, 0.1) is 17.8 Å². The largest absolute Gasteiger partial charge is 0.473 e. The Morgan fingerprint density at radius 1 is 1.05 bits per heavy atom. The molecule has 8 nitrogen and oxygen atoms in total. The van der Waals surface area contributed by atoms with Gasteiger partial charge in [0.1, 0.15) is 0 Å². The molecule has 0 aromatic heterocycles. The predicted octanol–water partition coefficient (Wildman–Crippen LogP) is 4.56. The van der Waals surface area contributed by atoms with Gasteiger partial charge in [-0.05, 0) is 86.9 Å². The molecule has 5 rings (SSSR count). The second kappa shape index (κ2) is 11.1. The summed E-state index contributed by atoms with van der Waals surface area (Å²) in [6.07, 6.45) is 6.28. The van der Waals surface area contributed by atoms with Gasteiger partial charge in [-0.1, -0.05) is 19.1 Å². The number of hydrogen-bond acceptors (Lipinski definition) is 5. The van der Waals surface area contributed by atoms with Crippen LogP contribution in [-0.4, -0.2) is 66.3 Å². The molecule has 38 heavy (non-hydrogen) atoms. The summed E-state index contributed by atoms with van der Waals surface area (Å²) >= 11 is 0. The number of alkyl halides is 2. The van der Waals surface area contributed by atoms with Crippen molar-refractivity contribution >= 4 is 27.6 Å². The number of rotatable bonds is 9. The number of sulfonamides is 1. The Balaban J connectivity index is 0.000000505. The summed E-state index contributed by atoms with van der Waals surface area (Å²) in [5, 5.41) is 14.6. The van der Waals surface area contributed by atoms with Crippen molar-refractivity contribution in [1.82, 2.24) is 4.90 Å². The minimum absolute atomic E-state index is 0.0699. The lowest BCUT2D eigenvalue weighted by atomic mass is 9.84. The standard InChI is InChI=1S/C25H36F2N2O2S.C2H2O4/c1-2-25(19-6-3-7-20(15-19)28-32(30,31)21-8-9-21)22-16-29(17-23(22)25)14-4-5-18-10-12-24(26,27)13-11-18;3-1(4)2(5)6/h3,6-7,15,18,21-23,28H,2,4-5,8-14,16-17H2,1H3;(H,3,4)(H,5,6)/t22-,23+,25?;. The molecule has 1 aromatic rings. The monoisotopic (exact) mass is 556 g/mol. The van der Waals surface area contributed by atoms with Gasteiger partial charge in [0.25, 0.3) is 0 Å². The number of piperidine rings is 1. The Labute approximate surface area is 222 Å². The van der Waals surface area contributed by atoms with Crippen molar-refractivity contribution in [3.05, 3.63) is 29.8 Å². The summed E-state index contributed by atoms with van der Waals surface area (Å²) in [5.41, 5.74) is 2.14. The van der Waals surface area contributed by atoms with Crippen molar-refractivity contribution in [3.8, 4) is 0 Å². The van der Waals surface area contributed by atoms with E-state index in [4.69, 9.17) is 19.8 Å². The summed E-state index contributed by atoms with van der Waals surface area (Å²) in [6, 6.07) is 8.07. The second-order valence-electron chi connectivity index (χ2n) is 11.3. The molecule has 1 saturated heterocycles. The zero-order valence-electron chi connectivity index (χ0n) is 21.7. The van der Waals surface area contributed by atoms with Gasteiger partial charge >= 0.3 is 11.9 Å². The second-order valence-corrected chi connectivity index (χ2v) is 13.3. The minimum atomic E-state index is -3.24. The Morgan fingerprint density at radius 3 is 2.18 bits per heavy atom. The smallest absolute Gasteiger partial charge is 0.414 e. The maximum Gasteiger partial charge on any atom is 0.414 e. The van der Waals surface area contributed by atoms with Crippen LogP contribution in [0.5, 0.6) is 0 Å². The number of carbonyl (C=O) groups is 2. The highest BCUT2D eigenvalue weighted by atomic mass is 32.2. The first-order chi connectivity index (χ1) is 17.9. The highest BCUT2D eigenvalue weighted by molar-refractivity contribution is 7.93. The van der Waals surface area contributed by atoms with Gasteiger partial charge in [-0.2, -0.15) is 0 Å². The molecule has 3 N–H and O–H groups in total. The molecule has 0 bridgehead atoms. The molecule has 3 atom stereocenters. The molecule has 1 aliphatic heterocycles. The lowest BCUT2D eigenvalue weighted by molar-refractivity contribution is -0.159. The summed E-state index contributed by atoms with van der Waals surface area (Å²) in [4.78, 5) is 20.8. The average molecular weight is 557 g/mol. The van der Waals surface area contributed by atoms with Crippen molar-refractivity contribution in [2.24, 2.45) is 17.8 Å². The maximum absolute atomic E-state index is 13.3. The van der Waals surface area contributed by atoms with Crippen molar-refractivity contribution < 1.29 is 37.0 Å². The third-order valence-corrected chi connectivity index (χ3v) is 10.8. The van der Waals surface area contributed by atoms with E-state index < -0.39 is 27.9 Å². The van der Waals surface area contributed by atoms with E-state index in [2.05, 4.69) is 28.7 Å². The van der Waals surface area contributed by atoms with Gasteiger partial charge in [0, 0.05) is 37.0 Å². The fraction of sp³-hybridized carbons (Fsp3) is 0.704. The van der Waals surface area contributed by atoms with Crippen LogP contribution in [0.1, 0.15) is 70.3 Å². The Kier molecular flexibility index (Phi) is 8.37. The average Bonchev–Trinajstić information content (AvgIpc) is 3.76. The van der Waals surface area contributed by atoms with Crippen LogP contribution in [0.2, 0.25) is 0 Å². The summed E-state index contributed by atoms with van der Waals surface area (Å²) < 4.78 is 54.2. The van der Waals surface area contributed by atoms with Crippen LogP contribution >= 0.6 is 0 Å². The van der Waals surface area contributed by atoms with Crippen LogP contribution < -0.4 is 4.72 Å². The minimum Gasteiger partial charge on any atom is -0.473 e. The van der Waals surface area contributed by atoms with Gasteiger partial charge < -0.3 is 15.1 Å². The number of aliphatic carboxylic acids is 2. The number of likely N-dealkylation sites (tertiary alicyclic amines) is 1. The molecule has 0 amide bonds. The molecular formula is C27H38F2N2O6S. The first kappa shape index (κ1) is 28.7. The van der Waals surface area contributed by atoms with Crippen LogP contribution in [0.4, 0.5) is 14.5 Å². The number of anilines is 1. The van der Waals surface area contributed by atoms with E-state index >= 15 is 0 Å². The van der Waals surface area contributed by atoms with Crippen molar-refractivity contribution in [1.29, 1.82) is 0 Å². The van der Waals surface area contributed by atoms with E-state index in [1.807, 2.05) is 12.1 Å². The van der Waals surface area contributed by atoms with E-state index in [1.165, 1.54) is 5.56 Å². The number of benzene rings is 1. The maximum atomic E-state index is 13.3. The van der Waals surface area contributed by atoms with Crippen LogP contribution in [0.25, 0.3) is 0 Å². The van der Waals surface area contributed by atoms with Gasteiger partial charge in [0.05, 0.1) is 5.25 Å². The number of fused-ring (bicyclic) bond motifs is 1. The Hall–Kier alpha value is -2.27. The number of carboxylic acid groups (broad SMARTS) is 2. The number of carboxylic acids is 2. The molecule has 0 spiro atoms. The highest BCUT2D eigenvalue weighted by Gasteiger charge is 2.67. The summed E-state index contributed by atoms with van der Waals surface area (Å²) in [7, 11) is -3.24. The Morgan fingerprint density at radius 2 is 1.66 bits per heavy atom. The van der Waals surface area contributed by atoms with Crippen LogP contribution in [0.3, 0.4) is 0 Å². The van der Waals surface area contributed by atoms with Gasteiger partial charge in [-0.15, -0.1) is 0 Å². The van der Waals surface area contributed by atoms with Gasteiger partial charge in [-0.25, -0.2) is 26.8 Å². The fourth-order valence-electron chi connectivity index (χ4n) is 6.65. The third kappa shape index (κ3) is 6.47. The van der Waals surface area contributed by atoms with Crippen molar-refractivity contribution in [2.45, 2.75) is 81.3 Å². The van der Waals surface area contributed by atoms with Crippen LogP contribution in [-0.2, 0) is 25.0 Å². The molecule has 1 unspecified atom stereocenters. The molecule has 0 radical (unpaired) electrons. The quantitative estimate of drug-likeness (QED) is 0.381. The highest BCUT2D eigenvalue weighted by Crippen LogP contribution is 2.65. The topological polar surface area (TPSA) is 124 Å². The first-order valence-electron chi connectivity index (χ1n) is 13.6. The molecular weight excluding hydrogens is 518 g/mol. The summed E-state index contributed by atoms with van der Waals surface area (Å²) in [6.45, 7) is 5.52. The van der Waals surface area contributed by atoms with Crippen LogP contribution in [0.15, 0.2) is 24.3 Å². The number of nitrogens with zero attached hydrogens (tertiary/aromatic N) is 1. The molecule has 4 fully saturated rings. The van der Waals surface area contributed by atoms with E-state index in [0.717, 1.165) is 51.7 Å². The molecule has 1 aromatic carbocycles. The van der Waals surface area contributed by atoms with Crippen molar-refractivity contribution in [2.75, 3.05) is 24.4 Å². The summed E-state index contributed by atoms with van der Waals surface area (Å²) in [5.74, 6) is -4.33. The zero-order chi connectivity index (χ0) is 27.7. The van der Waals surface area contributed by atoms with Gasteiger partial charge in [0.15, 0.2) is 0 Å². The van der Waals surface area contributed by atoms with Gasteiger partial charge in [-0.3, -0.25) is 4.72 Å². The van der Waals surface area contributed by atoms with E-state index in [0.29, 0.717) is 36.3 Å². The molecule has 3 saturated carbocycles. The predicted molar refractivity (Wildman–Crippen MR) is 139 cm³/mol. The molecule has 212 valence electrons. The molecule has 3 aliphatic carbocycles. The molecule has 4 aliphatic rings.